The van der Waals surface area contributed by atoms with Gasteiger partial charge in [-0.1, -0.05) is 30.3 Å². The first kappa shape index (κ1) is 18.8. The Morgan fingerprint density at radius 1 is 1.00 bits per heavy atom. The van der Waals surface area contributed by atoms with Gasteiger partial charge in [0, 0.05) is 32.1 Å². The molecule has 7 nitrogen and oxygen atoms in total. The van der Waals surface area contributed by atoms with Gasteiger partial charge in [0.05, 0.1) is 11.7 Å². The van der Waals surface area contributed by atoms with Crippen molar-refractivity contribution in [2.45, 2.75) is 25.0 Å². The van der Waals surface area contributed by atoms with Crippen LogP contribution in [-0.4, -0.2) is 60.8 Å². The average molecular weight is 380 g/mol. The van der Waals surface area contributed by atoms with E-state index in [1.165, 1.54) is 4.31 Å². The van der Waals surface area contributed by atoms with Crippen molar-refractivity contribution in [1.29, 1.82) is 0 Å². The van der Waals surface area contributed by atoms with Crippen molar-refractivity contribution < 1.29 is 23.1 Å². The molecule has 1 aliphatic heterocycles. The first-order valence-electron chi connectivity index (χ1n) is 8.90. The number of piperazine rings is 1. The number of nitrogens with zero attached hydrogens (tertiary/aromatic N) is 2. The van der Waals surface area contributed by atoms with Gasteiger partial charge in [0.25, 0.3) is 0 Å². The molecule has 2 fully saturated rings. The zero-order chi connectivity index (χ0) is 18.7. The molecule has 1 heterocycles. The number of aliphatic carboxylic acids is 1. The molecular weight excluding hydrogens is 356 g/mol. The summed E-state index contributed by atoms with van der Waals surface area (Å²) < 4.78 is 26.6. The van der Waals surface area contributed by atoms with E-state index in [9.17, 15) is 18.0 Å². The molecule has 0 spiro atoms. The van der Waals surface area contributed by atoms with Crippen LogP contribution in [0.3, 0.4) is 0 Å². The Morgan fingerprint density at radius 2 is 1.62 bits per heavy atom. The Bertz CT molecular complexity index is 757. The fourth-order valence-electron chi connectivity index (χ4n) is 3.75. The van der Waals surface area contributed by atoms with E-state index in [1.807, 2.05) is 18.2 Å². The van der Waals surface area contributed by atoms with E-state index < -0.39 is 21.9 Å². The standard InChI is InChI=1S/C18H24N2O5S/c21-17(15-6-7-16(12-15)18(22)23)19-8-10-20(11-9-19)26(24,25)13-14-4-2-1-3-5-14/h1-5,15-16H,6-13H2,(H,22,23)/t15-,16+/m0/s1. The van der Waals surface area contributed by atoms with Gasteiger partial charge in [-0.05, 0) is 24.8 Å². The van der Waals surface area contributed by atoms with E-state index in [2.05, 4.69) is 0 Å². The van der Waals surface area contributed by atoms with Crippen molar-refractivity contribution >= 4 is 21.9 Å². The predicted octanol–water partition coefficient (Wildman–Crippen LogP) is 1.16. The minimum atomic E-state index is -3.41. The molecule has 1 aromatic rings. The number of rotatable bonds is 5. The maximum Gasteiger partial charge on any atom is 0.306 e. The lowest BCUT2D eigenvalue weighted by molar-refractivity contribution is -0.141. The molecule has 2 atom stereocenters. The van der Waals surface area contributed by atoms with E-state index in [-0.39, 0.29) is 30.7 Å². The topological polar surface area (TPSA) is 95.0 Å². The smallest absolute Gasteiger partial charge is 0.306 e. The second-order valence-corrected chi connectivity index (χ2v) is 8.98. The van der Waals surface area contributed by atoms with E-state index in [0.29, 0.717) is 32.4 Å². The molecule has 0 radical (unpaired) electrons. The molecule has 2 aliphatic rings. The molecule has 0 aromatic heterocycles. The van der Waals surface area contributed by atoms with Crippen LogP contribution in [0.5, 0.6) is 0 Å². The van der Waals surface area contributed by atoms with Crippen molar-refractivity contribution in [3.63, 3.8) is 0 Å². The predicted molar refractivity (Wildman–Crippen MR) is 95.7 cm³/mol. The molecule has 1 aromatic carbocycles. The summed E-state index contributed by atoms with van der Waals surface area (Å²) in [6.45, 7) is 1.30. The Morgan fingerprint density at radius 3 is 2.19 bits per heavy atom. The first-order chi connectivity index (χ1) is 12.4. The van der Waals surface area contributed by atoms with Gasteiger partial charge in [-0.15, -0.1) is 0 Å². The average Bonchev–Trinajstić information content (AvgIpc) is 3.12. The van der Waals surface area contributed by atoms with Gasteiger partial charge in [-0.3, -0.25) is 9.59 Å². The van der Waals surface area contributed by atoms with Gasteiger partial charge in [-0.2, -0.15) is 4.31 Å². The molecule has 142 valence electrons. The zero-order valence-electron chi connectivity index (χ0n) is 14.6. The third-order valence-electron chi connectivity index (χ3n) is 5.27. The van der Waals surface area contributed by atoms with Crippen LogP contribution in [0, 0.1) is 11.8 Å². The Hall–Kier alpha value is -1.93. The quantitative estimate of drug-likeness (QED) is 0.827. The number of carboxylic acids is 1. The number of hydrogen-bond donors (Lipinski definition) is 1. The van der Waals surface area contributed by atoms with Crippen LogP contribution in [-0.2, 0) is 25.4 Å². The van der Waals surface area contributed by atoms with Crippen LogP contribution in [0.15, 0.2) is 30.3 Å². The molecule has 1 saturated heterocycles. The summed E-state index contributed by atoms with van der Waals surface area (Å²) in [6, 6.07) is 9.05. The number of carbonyl (C=O) groups excluding carboxylic acids is 1. The molecule has 0 bridgehead atoms. The Labute approximate surface area is 153 Å². The summed E-state index contributed by atoms with van der Waals surface area (Å²) in [6.07, 6.45) is 1.53. The number of hydrogen-bond acceptors (Lipinski definition) is 4. The monoisotopic (exact) mass is 380 g/mol. The molecule has 1 N–H and O–H groups in total. The minimum absolute atomic E-state index is 0.0335. The molecule has 1 aliphatic carbocycles. The van der Waals surface area contributed by atoms with Crippen LogP contribution < -0.4 is 0 Å². The van der Waals surface area contributed by atoms with Crippen LogP contribution in [0.2, 0.25) is 0 Å². The highest BCUT2D eigenvalue weighted by Gasteiger charge is 2.37. The fraction of sp³-hybridized carbons (Fsp3) is 0.556. The van der Waals surface area contributed by atoms with E-state index in [1.54, 1.807) is 17.0 Å². The fourth-order valence-corrected chi connectivity index (χ4v) is 5.27. The van der Waals surface area contributed by atoms with Crippen molar-refractivity contribution in [1.82, 2.24) is 9.21 Å². The highest BCUT2D eigenvalue weighted by molar-refractivity contribution is 7.88. The molecule has 8 heteroatoms. The molecule has 1 saturated carbocycles. The van der Waals surface area contributed by atoms with Gasteiger partial charge in [0.2, 0.25) is 15.9 Å². The van der Waals surface area contributed by atoms with Crippen molar-refractivity contribution in [2.24, 2.45) is 11.8 Å². The second kappa shape index (κ2) is 7.75. The zero-order valence-corrected chi connectivity index (χ0v) is 15.4. The van der Waals surface area contributed by atoms with Crippen LogP contribution in [0.25, 0.3) is 0 Å². The van der Waals surface area contributed by atoms with Crippen molar-refractivity contribution in [3.05, 3.63) is 35.9 Å². The van der Waals surface area contributed by atoms with Crippen LogP contribution >= 0.6 is 0 Å². The lowest BCUT2D eigenvalue weighted by atomic mass is 10.0. The lowest BCUT2D eigenvalue weighted by Crippen LogP contribution is -2.51. The Balaban J connectivity index is 1.54. The molecule has 26 heavy (non-hydrogen) atoms. The molecule has 1 amide bonds. The highest BCUT2D eigenvalue weighted by Crippen LogP contribution is 2.32. The van der Waals surface area contributed by atoms with Gasteiger partial charge >= 0.3 is 5.97 Å². The first-order valence-corrected chi connectivity index (χ1v) is 10.5. The van der Waals surface area contributed by atoms with Gasteiger partial charge in [0.15, 0.2) is 0 Å². The largest absolute Gasteiger partial charge is 0.481 e. The highest BCUT2D eigenvalue weighted by atomic mass is 32.2. The number of sulfonamides is 1. The molecular formula is C18H24N2O5S. The normalized spacial score (nSPS) is 24.5. The van der Waals surface area contributed by atoms with E-state index in [4.69, 9.17) is 5.11 Å². The van der Waals surface area contributed by atoms with Gasteiger partial charge < -0.3 is 10.0 Å². The number of amides is 1. The van der Waals surface area contributed by atoms with E-state index >= 15 is 0 Å². The van der Waals surface area contributed by atoms with Crippen molar-refractivity contribution in [2.75, 3.05) is 26.2 Å². The van der Waals surface area contributed by atoms with Crippen molar-refractivity contribution in [3.8, 4) is 0 Å². The summed E-state index contributed by atoms with van der Waals surface area (Å²) in [5.41, 5.74) is 0.747. The minimum Gasteiger partial charge on any atom is -0.481 e. The third-order valence-corrected chi connectivity index (χ3v) is 7.12. The summed E-state index contributed by atoms with van der Waals surface area (Å²) in [5, 5.41) is 9.07. The second-order valence-electron chi connectivity index (χ2n) is 7.01. The van der Waals surface area contributed by atoms with Gasteiger partial charge in [0.1, 0.15) is 0 Å². The van der Waals surface area contributed by atoms with E-state index in [0.717, 1.165) is 5.56 Å². The summed E-state index contributed by atoms with van der Waals surface area (Å²) >= 11 is 0. The third kappa shape index (κ3) is 4.24. The summed E-state index contributed by atoms with van der Waals surface area (Å²) in [4.78, 5) is 25.3. The number of benzene rings is 1. The number of carboxylic acid groups (broad SMARTS) is 1. The lowest BCUT2D eigenvalue weighted by Gasteiger charge is -2.35. The summed E-state index contributed by atoms with van der Waals surface area (Å²) in [7, 11) is -3.41. The van der Waals surface area contributed by atoms with Gasteiger partial charge in [-0.25, -0.2) is 8.42 Å². The molecule has 3 rings (SSSR count). The van der Waals surface area contributed by atoms with Crippen LogP contribution in [0.1, 0.15) is 24.8 Å². The molecule has 0 unspecified atom stereocenters. The SMILES string of the molecule is O=C(O)[C@@H]1CC[C@H](C(=O)N2CCN(S(=O)(=O)Cc3ccccc3)CC2)C1. The van der Waals surface area contributed by atoms with Crippen LogP contribution in [0.4, 0.5) is 0 Å². The Kier molecular flexibility index (Phi) is 5.62. The summed E-state index contributed by atoms with van der Waals surface area (Å²) in [5.74, 6) is -1.59. The maximum atomic E-state index is 12.6. The maximum absolute atomic E-state index is 12.6. The number of carbonyl (C=O) groups is 2.